The van der Waals surface area contributed by atoms with Gasteiger partial charge in [0, 0.05) is 10.0 Å². The van der Waals surface area contributed by atoms with Crippen molar-refractivity contribution in [3.8, 4) is 23.0 Å². The van der Waals surface area contributed by atoms with Crippen LogP contribution in [0.5, 0.6) is 11.6 Å². The van der Waals surface area contributed by atoms with Gasteiger partial charge in [-0.05, 0) is 18.2 Å². The van der Waals surface area contributed by atoms with E-state index in [-0.39, 0.29) is 11.7 Å². The van der Waals surface area contributed by atoms with Crippen molar-refractivity contribution in [1.29, 1.82) is 0 Å². The minimum absolute atomic E-state index is 0.278. The van der Waals surface area contributed by atoms with Crippen LogP contribution in [-0.4, -0.2) is 22.2 Å². The average molecular weight is 297 g/mol. The fraction of sp³-hybridized carbons (Fsp3) is 0.0909. The van der Waals surface area contributed by atoms with Gasteiger partial charge in [-0.2, -0.15) is 4.98 Å². The molecule has 1 heterocycles. The Labute approximate surface area is 105 Å². The van der Waals surface area contributed by atoms with Gasteiger partial charge < -0.3 is 14.8 Å². The summed E-state index contributed by atoms with van der Waals surface area (Å²) >= 11 is 3.35. The fourth-order valence-corrected chi connectivity index (χ4v) is 1.82. The first-order chi connectivity index (χ1) is 8.10. The largest absolute Gasteiger partial charge is 0.497 e. The van der Waals surface area contributed by atoms with E-state index in [2.05, 4.69) is 25.9 Å². The molecular weight excluding hydrogens is 288 g/mol. The Kier molecular flexibility index (Phi) is 3.14. The minimum atomic E-state index is -0.415. The molecule has 6 heteroatoms. The fourth-order valence-electron chi connectivity index (χ4n) is 1.39. The zero-order valence-electron chi connectivity index (χ0n) is 8.90. The summed E-state index contributed by atoms with van der Waals surface area (Å²) in [5.74, 6) is 0.591. The van der Waals surface area contributed by atoms with Crippen molar-refractivity contribution in [2.75, 3.05) is 7.11 Å². The number of aromatic amines is 1. The van der Waals surface area contributed by atoms with Crippen LogP contribution in [0.25, 0.3) is 11.4 Å². The van der Waals surface area contributed by atoms with Crippen molar-refractivity contribution < 1.29 is 9.84 Å². The molecule has 0 atom stereocenters. The van der Waals surface area contributed by atoms with E-state index < -0.39 is 5.56 Å². The van der Waals surface area contributed by atoms with Gasteiger partial charge >= 0.3 is 0 Å². The monoisotopic (exact) mass is 296 g/mol. The quantitative estimate of drug-likeness (QED) is 0.888. The molecule has 0 unspecified atom stereocenters. The molecule has 5 nitrogen and oxygen atoms in total. The molecule has 0 spiro atoms. The molecule has 17 heavy (non-hydrogen) atoms. The zero-order chi connectivity index (χ0) is 12.4. The van der Waals surface area contributed by atoms with Gasteiger partial charge in [-0.25, -0.2) is 0 Å². The first kappa shape index (κ1) is 11.7. The van der Waals surface area contributed by atoms with Crippen LogP contribution in [0.15, 0.2) is 33.5 Å². The number of halogens is 1. The second-order valence-corrected chi connectivity index (χ2v) is 4.15. The highest BCUT2D eigenvalue weighted by Crippen LogP contribution is 2.29. The maximum absolute atomic E-state index is 11.2. The smallest absolute Gasteiger partial charge is 0.254 e. The third-order valence-corrected chi connectivity index (χ3v) is 2.85. The van der Waals surface area contributed by atoms with Crippen molar-refractivity contribution in [3.05, 3.63) is 39.1 Å². The van der Waals surface area contributed by atoms with E-state index in [0.29, 0.717) is 11.3 Å². The number of aromatic nitrogens is 2. The number of methoxy groups -OCH3 is 1. The van der Waals surface area contributed by atoms with Gasteiger partial charge in [-0.3, -0.25) is 4.79 Å². The molecule has 0 aliphatic heterocycles. The number of H-pyrrole nitrogens is 1. The predicted molar refractivity (Wildman–Crippen MR) is 66.2 cm³/mol. The summed E-state index contributed by atoms with van der Waals surface area (Å²) in [6.45, 7) is 0. The van der Waals surface area contributed by atoms with E-state index in [1.54, 1.807) is 25.3 Å². The van der Waals surface area contributed by atoms with Crippen molar-refractivity contribution in [1.82, 2.24) is 9.97 Å². The van der Waals surface area contributed by atoms with E-state index >= 15 is 0 Å². The van der Waals surface area contributed by atoms with Crippen LogP contribution in [0.3, 0.4) is 0 Å². The molecule has 2 rings (SSSR count). The summed E-state index contributed by atoms with van der Waals surface area (Å²) in [5.41, 5.74) is 0.222. The lowest BCUT2D eigenvalue weighted by Gasteiger charge is -2.06. The third kappa shape index (κ3) is 2.47. The molecule has 1 aromatic carbocycles. The number of rotatable bonds is 2. The standard InChI is InChI=1S/C11H9BrN2O3/c1-17-6-2-3-8(12)7(4-6)11-13-9(15)5-10(16)14-11/h2-5H,1H3,(H2,13,14,15,16). The normalized spacial score (nSPS) is 10.2. The molecule has 0 saturated heterocycles. The van der Waals surface area contributed by atoms with Gasteiger partial charge in [-0.15, -0.1) is 0 Å². The number of nitrogens with one attached hydrogen (secondary N) is 1. The van der Waals surface area contributed by atoms with Crippen molar-refractivity contribution in [3.63, 3.8) is 0 Å². The maximum atomic E-state index is 11.2. The lowest BCUT2D eigenvalue weighted by molar-refractivity contribution is 0.415. The van der Waals surface area contributed by atoms with Crippen LogP contribution in [-0.2, 0) is 0 Å². The predicted octanol–water partition coefficient (Wildman–Crippen LogP) is 1.91. The van der Waals surface area contributed by atoms with E-state index in [1.165, 1.54) is 0 Å². The summed E-state index contributed by atoms with van der Waals surface area (Å²) in [6, 6.07) is 6.27. The highest BCUT2D eigenvalue weighted by molar-refractivity contribution is 9.10. The van der Waals surface area contributed by atoms with Crippen LogP contribution in [0.1, 0.15) is 0 Å². The summed E-state index contributed by atoms with van der Waals surface area (Å²) in [7, 11) is 1.55. The highest BCUT2D eigenvalue weighted by Gasteiger charge is 2.08. The molecule has 0 aliphatic rings. The second-order valence-electron chi connectivity index (χ2n) is 3.30. The Morgan fingerprint density at radius 2 is 2.18 bits per heavy atom. The molecule has 1 aromatic heterocycles. The highest BCUT2D eigenvalue weighted by atomic mass is 79.9. The van der Waals surface area contributed by atoms with Gasteiger partial charge in [-0.1, -0.05) is 15.9 Å². The van der Waals surface area contributed by atoms with Crippen LogP contribution >= 0.6 is 15.9 Å². The Balaban J connectivity index is 2.62. The molecule has 0 bridgehead atoms. The van der Waals surface area contributed by atoms with Gasteiger partial charge in [0.05, 0.1) is 13.2 Å². The second kappa shape index (κ2) is 4.58. The van der Waals surface area contributed by atoms with E-state index in [0.717, 1.165) is 10.5 Å². The van der Waals surface area contributed by atoms with Crippen LogP contribution in [0.2, 0.25) is 0 Å². The van der Waals surface area contributed by atoms with Gasteiger partial charge in [0.25, 0.3) is 5.56 Å². The van der Waals surface area contributed by atoms with Gasteiger partial charge in [0.1, 0.15) is 11.6 Å². The summed E-state index contributed by atoms with van der Waals surface area (Å²) < 4.78 is 5.83. The molecule has 0 saturated carbocycles. The molecule has 0 aliphatic carbocycles. The molecule has 0 fully saturated rings. The maximum Gasteiger partial charge on any atom is 0.254 e. The van der Waals surface area contributed by atoms with Crippen LogP contribution < -0.4 is 10.3 Å². The van der Waals surface area contributed by atoms with Crippen molar-refractivity contribution in [2.24, 2.45) is 0 Å². The number of benzene rings is 1. The Morgan fingerprint density at radius 1 is 1.41 bits per heavy atom. The van der Waals surface area contributed by atoms with E-state index in [9.17, 15) is 9.90 Å². The summed E-state index contributed by atoms with van der Waals surface area (Å²) in [5, 5.41) is 9.29. The SMILES string of the molecule is COc1ccc(Br)c(-c2nc(O)cc(=O)[nH]2)c1. The molecule has 88 valence electrons. The lowest BCUT2D eigenvalue weighted by Crippen LogP contribution is -2.06. The number of hydrogen-bond donors (Lipinski definition) is 2. The van der Waals surface area contributed by atoms with Gasteiger partial charge in [0.2, 0.25) is 5.88 Å². The molecule has 2 aromatic rings. The Bertz CT molecular complexity index is 610. The zero-order valence-corrected chi connectivity index (χ0v) is 10.5. The summed E-state index contributed by atoms with van der Waals surface area (Å²) in [6.07, 6.45) is 0. The van der Waals surface area contributed by atoms with Crippen LogP contribution in [0, 0.1) is 0 Å². The first-order valence-corrected chi connectivity index (χ1v) is 5.53. The summed E-state index contributed by atoms with van der Waals surface area (Å²) in [4.78, 5) is 17.6. The number of ether oxygens (including phenoxy) is 1. The van der Waals surface area contributed by atoms with E-state index in [1.807, 2.05) is 0 Å². The Morgan fingerprint density at radius 3 is 2.82 bits per heavy atom. The number of aromatic hydroxyl groups is 1. The first-order valence-electron chi connectivity index (χ1n) is 4.74. The lowest BCUT2D eigenvalue weighted by atomic mass is 10.2. The van der Waals surface area contributed by atoms with Crippen LogP contribution in [0.4, 0.5) is 0 Å². The number of hydrogen-bond acceptors (Lipinski definition) is 4. The van der Waals surface area contributed by atoms with Crippen molar-refractivity contribution >= 4 is 15.9 Å². The topological polar surface area (TPSA) is 75.2 Å². The average Bonchev–Trinajstić information content (AvgIpc) is 2.28. The minimum Gasteiger partial charge on any atom is -0.497 e. The molecule has 0 radical (unpaired) electrons. The molecular formula is C11H9BrN2O3. The molecule has 0 amide bonds. The van der Waals surface area contributed by atoms with Crippen molar-refractivity contribution in [2.45, 2.75) is 0 Å². The third-order valence-electron chi connectivity index (χ3n) is 2.16. The van der Waals surface area contributed by atoms with E-state index in [4.69, 9.17) is 4.74 Å². The van der Waals surface area contributed by atoms with Gasteiger partial charge in [0.15, 0.2) is 0 Å². The Hall–Kier alpha value is -1.82. The number of nitrogens with zero attached hydrogens (tertiary/aromatic N) is 1. The molecule has 2 N–H and O–H groups in total.